The molecule has 47 heavy (non-hydrogen) atoms. The molecular weight excluding hydrogens is 580 g/mol. The van der Waals surface area contributed by atoms with Gasteiger partial charge >= 0.3 is 0 Å². The Morgan fingerprint density at radius 3 is 1.38 bits per heavy atom. The Bertz CT molecular complexity index is 2110. The van der Waals surface area contributed by atoms with Crippen LogP contribution in [-0.2, 0) is 18.5 Å². The lowest BCUT2D eigenvalue weighted by molar-refractivity contribution is 0.330. The Hall–Kier alpha value is -5.24. The monoisotopic (exact) mass is 620 g/mol. The van der Waals surface area contributed by atoms with Crippen molar-refractivity contribution >= 4 is 44.1 Å². The van der Waals surface area contributed by atoms with Gasteiger partial charge in [0.25, 0.3) is 0 Å². The maximum atomic E-state index is 5.58. The zero-order valence-electron chi connectivity index (χ0n) is 27.2. The third kappa shape index (κ3) is 4.65. The van der Waals surface area contributed by atoms with E-state index in [-0.39, 0.29) is 5.92 Å². The van der Waals surface area contributed by atoms with Crippen molar-refractivity contribution < 1.29 is 0 Å². The number of hydrogen-bond donors (Lipinski definition) is 2. The summed E-state index contributed by atoms with van der Waals surface area (Å²) in [6.45, 7) is 8.41. The van der Waals surface area contributed by atoms with Gasteiger partial charge in [0.05, 0.1) is 50.1 Å². The summed E-state index contributed by atoms with van der Waals surface area (Å²) in [7, 11) is 0. The molecule has 0 saturated heterocycles. The maximum absolute atomic E-state index is 5.58. The number of hydrogen-bond acceptors (Lipinski definition) is 4. The molecule has 0 fully saturated rings. The van der Waals surface area contributed by atoms with Gasteiger partial charge in [0, 0.05) is 13.1 Å². The summed E-state index contributed by atoms with van der Waals surface area (Å²) in [5.41, 5.74) is 7.35. The first-order valence-electron chi connectivity index (χ1n) is 17.0. The summed E-state index contributed by atoms with van der Waals surface area (Å²) >= 11 is 0. The number of imidazole rings is 4. The van der Waals surface area contributed by atoms with E-state index in [2.05, 4.69) is 125 Å². The largest absolute Gasteiger partial charge is 0.341 e. The minimum atomic E-state index is -0.751. The van der Waals surface area contributed by atoms with E-state index in [1.807, 2.05) is 12.1 Å². The van der Waals surface area contributed by atoms with Gasteiger partial charge in [0.1, 0.15) is 28.7 Å². The van der Waals surface area contributed by atoms with E-state index in [0.717, 1.165) is 106 Å². The standard InChI is InChI=1S/C39H40N8/c1-4-23-39(37-44-30-19-11-13-21-32(30)46(37)24-5-2,38-45-31-20-12-14-22-33(31)47(38)25-6-3)34(35-40-26-15-7-8-16-27(26)41-35)36-42-28-17-9-10-18-29(28)43-36/h7-22,34H,4-6,23-25H2,1-3H3,(H,40,41)(H,42,43). The normalized spacial score (nSPS) is 12.4. The van der Waals surface area contributed by atoms with E-state index in [9.17, 15) is 0 Å². The molecule has 0 unspecified atom stereocenters. The number of nitrogens with zero attached hydrogens (tertiary/aromatic N) is 6. The number of para-hydroxylation sites is 8. The minimum absolute atomic E-state index is 0.359. The van der Waals surface area contributed by atoms with Crippen molar-refractivity contribution in [3.05, 3.63) is 120 Å². The molecule has 2 N–H and O–H groups in total. The topological polar surface area (TPSA) is 93.0 Å². The molecule has 0 radical (unpaired) electrons. The van der Waals surface area contributed by atoms with Crippen LogP contribution in [0, 0.1) is 0 Å². The van der Waals surface area contributed by atoms with Crippen LogP contribution >= 0.6 is 0 Å². The smallest absolute Gasteiger partial charge is 0.124 e. The predicted molar refractivity (Wildman–Crippen MR) is 190 cm³/mol. The van der Waals surface area contributed by atoms with Crippen LogP contribution in [0.1, 0.15) is 75.7 Å². The fourth-order valence-electron chi connectivity index (χ4n) is 7.67. The molecule has 0 aliphatic carbocycles. The third-order valence-corrected chi connectivity index (χ3v) is 9.50. The average molecular weight is 621 g/mol. The predicted octanol–water partition coefficient (Wildman–Crippen LogP) is 8.88. The molecule has 0 aliphatic heterocycles. The maximum Gasteiger partial charge on any atom is 0.124 e. The molecule has 236 valence electrons. The van der Waals surface area contributed by atoms with Crippen LogP contribution in [0.3, 0.4) is 0 Å². The van der Waals surface area contributed by atoms with Crippen molar-refractivity contribution in [2.45, 2.75) is 70.9 Å². The molecule has 0 bridgehead atoms. The highest BCUT2D eigenvalue weighted by atomic mass is 15.2. The highest BCUT2D eigenvalue weighted by molar-refractivity contribution is 5.80. The quantitative estimate of drug-likeness (QED) is 0.151. The van der Waals surface area contributed by atoms with Gasteiger partial charge in [-0.15, -0.1) is 0 Å². The molecule has 0 spiro atoms. The van der Waals surface area contributed by atoms with Crippen molar-refractivity contribution in [3.8, 4) is 0 Å². The second-order valence-electron chi connectivity index (χ2n) is 12.6. The number of aromatic amines is 2. The van der Waals surface area contributed by atoms with Gasteiger partial charge in [-0.25, -0.2) is 19.9 Å². The van der Waals surface area contributed by atoms with Crippen LogP contribution in [0.25, 0.3) is 44.1 Å². The fourth-order valence-corrected chi connectivity index (χ4v) is 7.67. The molecule has 0 saturated carbocycles. The van der Waals surface area contributed by atoms with Crippen LogP contribution in [0.15, 0.2) is 97.1 Å². The number of nitrogens with one attached hydrogen (secondary N) is 2. The van der Waals surface area contributed by atoms with E-state index in [1.54, 1.807) is 0 Å². The van der Waals surface area contributed by atoms with Crippen LogP contribution < -0.4 is 0 Å². The first kappa shape index (κ1) is 29.2. The molecule has 8 rings (SSSR count). The Labute approximate surface area is 273 Å². The lowest BCUT2D eigenvalue weighted by atomic mass is 9.69. The number of aryl methyl sites for hydroxylation is 2. The SMILES string of the molecule is CCCn1c(C(CCC)(c2nc3ccccc3n2CCC)C(c2nc3ccccc3[nH]2)c2nc3ccccc3[nH]2)nc2ccccc21. The summed E-state index contributed by atoms with van der Waals surface area (Å²) in [5.74, 6) is 3.34. The zero-order valence-corrected chi connectivity index (χ0v) is 27.2. The van der Waals surface area contributed by atoms with Gasteiger partial charge in [0.15, 0.2) is 0 Å². The van der Waals surface area contributed by atoms with Crippen LogP contribution in [0.5, 0.6) is 0 Å². The summed E-state index contributed by atoms with van der Waals surface area (Å²) in [5, 5.41) is 0. The zero-order chi connectivity index (χ0) is 32.0. The van der Waals surface area contributed by atoms with E-state index >= 15 is 0 Å². The molecule has 4 heterocycles. The Kier molecular flexibility index (Phi) is 7.35. The van der Waals surface area contributed by atoms with E-state index in [1.165, 1.54) is 0 Å². The Morgan fingerprint density at radius 2 is 0.957 bits per heavy atom. The molecule has 0 amide bonds. The summed E-state index contributed by atoms with van der Waals surface area (Å²) < 4.78 is 4.89. The number of aromatic nitrogens is 8. The van der Waals surface area contributed by atoms with Gasteiger partial charge in [-0.1, -0.05) is 75.7 Å². The number of H-pyrrole nitrogens is 2. The van der Waals surface area contributed by atoms with Gasteiger partial charge in [-0.3, -0.25) is 0 Å². The summed E-state index contributed by atoms with van der Waals surface area (Å²) in [6, 6.07) is 33.6. The Morgan fingerprint density at radius 1 is 0.532 bits per heavy atom. The lowest BCUT2D eigenvalue weighted by Gasteiger charge is -2.39. The summed E-state index contributed by atoms with van der Waals surface area (Å²) in [6.07, 6.45) is 3.63. The molecule has 8 heteroatoms. The third-order valence-electron chi connectivity index (χ3n) is 9.50. The molecule has 8 aromatic rings. The first-order valence-corrected chi connectivity index (χ1v) is 17.0. The molecule has 4 aromatic carbocycles. The van der Waals surface area contributed by atoms with Gasteiger partial charge < -0.3 is 19.1 Å². The van der Waals surface area contributed by atoms with Crippen molar-refractivity contribution in [2.75, 3.05) is 0 Å². The van der Waals surface area contributed by atoms with Crippen LogP contribution in [-0.4, -0.2) is 39.0 Å². The van der Waals surface area contributed by atoms with Gasteiger partial charge in [-0.05, 0) is 67.8 Å². The van der Waals surface area contributed by atoms with Crippen LogP contribution in [0.2, 0.25) is 0 Å². The van der Waals surface area contributed by atoms with Crippen molar-refractivity contribution in [3.63, 3.8) is 0 Å². The van der Waals surface area contributed by atoms with E-state index < -0.39 is 5.41 Å². The van der Waals surface area contributed by atoms with E-state index in [0.29, 0.717) is 0 Å². The molecule has 0 atom stereocenters. The highest BCUT2D eigenvalue weighted by Crippen LogP contribution is 2.51. The first-order chi connectivity index (χ1) is 23.2. The highest BCUT2D eigenvalue weighted by Gasteiger charge is 2.53. The van der Waals surface area contributed by atoms with Crippen LogP contribution in [0.4, 0.5) is 0 Å². The number of benzene rings is 4. The number of fused-ring (bicyclic) bond motifs is 4. The fraction of sp³-hybridized carbons (Fsp3) is 0.282. The molecular formula is C39H40N8. The second kappa shape index (κ2) is 11.8. The van der Waals surface area contributed by atoms with Crippen molar-refractivity contribution in [1.29, 1.82) is 0 Å². The van der Waals surface area contributed by atoms with Crippen molar-refractivity contribution in [1.82, 2.24) is 39.0 Å². The lowest BCUT2D eigenvalue weighted by Crippen LogP contribution is -2.42. The summed E-state index contributed by atoms with van der Waals surface area (Å²) in [4.78, 5) is 29.3. The minimum Gasteiger partial charge on any atom is -0.341 e. The molecule has 0 aliphatic rings. The number of rotatable bonds is 11. The van der Waals surface area contributed by atoms with Gasteiger partial charge in [0.2, 0.25) is 0 Å². The van der Waals surface area contributed by atoms with E-state index in [4.69, 9.17) is 19.9 Å². The Balaban J connectivity index is 1.56. The van der Waals surface area contributed by atoms with Gasteiger partial charge in [-0.2, -0.15) is 0 Å². The van der Waals surface area contributed by atoms with Crippen molar-refractivity contribution in [2.24, 2.45) is 0 Å². The second-order valence-corrected chi connectivity index (χ2v) is 12.6. The molecule has 4 aromatic heterocycles. The molecule has 8 nitrogen and oxygen atoms in total. The average Bonchev–Trinajstić information content (AvgIpc) is 3.88.